The van der Waals surface area contributed by atoms with Crippen molar-refractivity contribution in [1.82, 2.24) is 4.98 Å². The Balaban J connectivity index is 0.00000192. The van der Waals surface area contributed by atoms with Crippen LogP contribution in [0.1, 0.15) is 22.8 Å². The first-order valence-electron chi connectivity index (χ1n) is 6.99. The molecule has 0 saturated carbocycles. The summed E-state index contributed by atoms with van der Waals surface area (Å²) < 4.78 is 0. The summed E-state index contributed by atoms with van der Waals surface area (Å²) in [5.74, 6) is -1.24. The van der Waals surface area contributed by atoms with E-state index in [2.05, 4.69) is 11.9 Å². The maximum Gasteiger partial charge on any atom is 1.00 e. The number of carbonyl (C=O) groups excluding carboxylic acids is 1. The van der Waals surface area contributed by atoms with Crippen molar-refractivity contribution in [3.8, 4) is 11.3 Å². The van der Waals surface area contributed by atoms with Gasteiger partial charge < -0.3 is 9.90 Å². The Labute approximate surface area is 182 Å². The van der Waals surface area contributed by atoms with Gasteiger partial charge in [0.2, 0.25) is 0 Å². The zero-order chi connectivity index (χ0) is 15.7. The third kappa shape index (κ3) is 4.02. The van der Waals surface area contributed by atoms with E-state index in [1.165, 1.54) is 11.6 Å². The van der Waals surface area contributed by atoms with Gasteiger partial charge in [0.05, 0.1) is 17.2 Å². The Kier molecular flexibility index (Phi) is 6.37. The van der Waals surface area contributed by atoms with E-state index in [0.717, 1.165) is 12.0 Å². The van der Waals surface area contributed by atoms with E-state index in [4.69, 9.17) is 11.6 Å². The van der Waals surface area contributed by atoms with Crippen LogP contribution in [0.4, 0.5) is 0 Å². The SMILES string of the molecule is CCc1ccc(-c2cc(C(=O)[O-])c3cc(Cl)ccc3n2)cc1.[K+]. The molecule has 1 heterocycles. The van der Waals surface area contributed by atoms with Gasteiger partial charge in [0.1, 0.15) is 0 Å². The smallest absolute Gasteiger partial charge is 0.545 e. The molecule has 0 amide bonds. The molecule has 0 aliphatic carbocycles. The molecule has 0 radical (unpaired) electrons. The van der Waals surface area contributed by atoms with Crippen molar-refractivity contribution in [3.05, 3.63) is 64.7 Å². The molecular formula is C18H13ClKNO2. The Bertz CT molecular complexity index is 863. The van der Waals surface area contributed by atoms with Crippen LogP contribution >= 0.6 is 11.6 Å². The van der Waals surface area contributed by atoms with Gasteiger partial charge in [0.25, 0.3) is 0 Å². The molecule has 2 aromatic carbocycles. The molecule has 5 heteroatoms. The van der Waals surface area contributed by atoms with Crippen LogP contribution in [0.3, 0.4) is 0 Å². The number of hydrogen-bond donors (Lipinski definition) is 0. The number of nitrogens with zero attached hydrogens (tertiary/aromatic N) is 1. The minimum absolute atomic E-state index is 0. The topological polar surface area (TPSA) is 53.0 Å². The van der Waals surface area contributed by atoms with E-state index in [0.29, 0.717) is 21.6 Å². The maximum absolute atomic E-state index is 11.4. The summed E-state index contributed by atoms with van der Waals surface area (Å²) in [4.78, 5) is 16.0. The Morgan fingerprint density at radius 1 is 1.13 bits per heavy atom. The number of fused-ring (bicyclic) bond motifs is 1. The molecule has 0 aliphatic rings. The number of carbonyl (C=O) groups is 1. The molecule has 0 fully saturated rings. The van der Waals surface area contributed by atoms with Crippen molar-refractivity contribution in [3.63, 3.8) is 0 Å². The molecule has 0 spiro atoms. The fourth-order valence-corrected chi connectivity index (χ4v) is 2.60. The van der Waals surface area contributed by atoms with E-state index in [9.17, 15) is 9.90 Å². The molecule has 0 saturated heterocycles. The number of carboxylic acid groups (broad SMARTS) is 1. The number of aromatic carboxylic acids is 1. The summed E-state index contributed by atoms with van der Waals surface area (Å²) in [6.45, 7) is 2.08. The third-order valence-corrected chi connectivity index (χ3v) is 3.88. The normalized spacial score (nSPS) is 10.3. The molecular weight excluding hydrogens is 337 g/mol. The van der Waals surface area contributed by atoms with Crippen LogP contribution in [0.25, 0.3) is 22.2 Å². The van der Waals surface area contributed by atoms with Gasteiger partial charge in [-0.3, -0.25) is 0 Å². The number of benzene rings is 2. The summed E-state index contributed by atoms with van der Waals surface area (Å²) in [5, 5.41) is 12.4. The molecule has 23 heavy (non-hydrogen) atoms. The van der Waals surface area contributed by atoms with E-state index in [1.54, 1.807) is 18.2 Å². The second-order valence-corrected chi connectivity index (χ2v) is 5.49. The van der Waals surface area contributed by atoms with Crippen molar-refractivity contribution < 1.29 is 61.3 Å². The van der Waals surface area contributed by atoms with Crippen LogP contribution < -0.4 is 56.5 Å². The van der Waals surface area contributed by atoms with Crippen LogP contribution in [0.5, 0.6) is 0 Å². The molecule has 110 valence electrons. The van der Waals surface area contributed by atoms with Gasteiger partial charge >= 0.3 is 51.4 Å². The van der Waals surface area contributed by atoms with Gasteiger partial charge in [-0.2, -0.15) is 0 Å². The first-order valence-corrected chi connectivity index (χ1v) is 7.37. The number of aromatic nitrogens is 1. The number of hydrogen-bond acceptors (Lipinski definition) is 3. The van der Waals surface area contributed by atoms with E-state index in [-0.39, 0.29) is 56.9 Å². The number of rotatable bonds is 3. The van der Waals surface area contributed by atoms with Gasteiger partial charge in [-0.1, -0.05) is 42.8 Å². The quantitative estimate of drug-likeness (QED) is 0.646. The summed E-state index contributed by atoms with van der Waals surface area (Å²) >= 11 is 5.94. The largest absolute Gasteiger partial charge is 1.00 e. The van der Waals surface area contributed by atoms with E-state index >= 15 is 0 Å². The maximum atomic E-state index is 11.4. The summed E-state index contributed by atoms with van der Waals surface area (Å²) in [5.41, 5.74) is 3.38. The fourth-order valence-electron chi connectivity index (χ4n) is 2.43. The van der Waals surface area contributed by atoms with Gasteiger partial charge in [0, 0.05) is 21.5 Å². The first kappa shape index (κ1) is 18.6. The Hall–Kier alpha value is -0.754. The van der Waals surface area contributed by atoms with Crippen LogP contribution in [0.2, 0.25) is 5.02 Å². The van der Waals surface area contributed by atoms with Gasteiger partial charge in [-0.25, -0.2) is 4.98 Å². The molecule has 0 bridgehead atoms. The van der Waals surface area contributed by atoms with Crippen LogP contribution in [0, 0.1) is 0 Å². The zero-order valence-electron chi connectivity index (χ0n) is 13.0. The standard InChI is InChI=1S/C18H14ClNO2.K/c1-2-11-3-5-12(6-4-11)17-10-15(18(21)22)14-9-13(19)7-8-16(14)20-17;/h3-10H,2H2,1H3,(H,21,22);/q;+1/p-1. The number of pyridine rings is 1. The van der Waals surface area contributed by atoms with E-state index in [1.807, 2.05) is 24.3 Å². The average molecular weight is 350 g/mol. The molecule has 1 aromatic heterocycles. The molecule has 0 N–H and O–H groups in total. The summed E-state index contributed by atoms with van der Waals surface area (Å²) in [6, 6.07) is 14.5. The monoisotopic (exact) mass is 349 g/mol. The number of carboxylic acids is 1. The second kappa shape index (κ2) is 7.88. The molecule has 0 atom stereocenters. The van der Waals surface area contributed by atoms with Crippen LogP contribution in [-0.4, -0.2) is 11.0 Å². The number of halogens is 1. The summed E-state index contributed by atoms with van der Waals surface area (Å²) in [7, 11) is 0. The molecule has 0 unspecified atom stereocenters. The fraction of sp³-hybridized carbons (Fsp3) is 0.111. The predicted octanol–water partition coefficient (Wildman–Crippen LogP) is 0.485. The Morgan fingerprint density at radius 3 is 2.43 bits per heavy atom. The van der Waals surface area contributed by atoms with Gasteiger partial charge in [-0.15, -0.1) is 0 Å². The number of aryl methyl sites for hydroxylation is 1. The molecule has 3 rings (SSSR count). The minimum atomic E-state index is -1.24. The van der Waals surface area contributed by atoms with Crippen LogP contribution in [-0.2, 0) is 6.42 Å². The van der Waals surface area contributed by atoms with Crippen molar-refractivity contribution >= 4 is 28.5 Å². The third-order valence-electron chi connectivity index (χ3n) is 3.65. The molecule has 0 aliphatic heterocycles. The van der Waals surface area contributed by atoms with E-state index < -0.39 is 5.97 Å². The van der Waals surface area contributed by atoms with Gasteiger partial charge in [0.15, 0.2) is 0 Å². The first-order chi connectivity index (χ1) is 10.6. The van der Waals surface area contributed by atoms with Crippen molar-refractivity contribution in [2.24, 2.45) is 0 Å². The van der Waals surface area contributed by atoms with Crippen molar-refractivity contribution in [2.75, 3.05) is 0 Å². The average Bonchev–Trinajstić information content (AvgIpc) is 2.53. The van der Waals surface area contributed by atoms with Gasteiger partial charge in [-0.05, 0) is 36.2 Å². The molecule has 3 aromatic rings. The Morgan fingerprint density at radius 2 is 1.83 bits per heavy atom. The summed E-state index contributed by atoms with van der Waals surface area (Å²) in [6.07, 6.45) is 0.953. The zero-order valence-corrected chi connectivity index (χ0v) is 16.8. The van der Waals surface area contributed by atoms with Crippen LogP contribution in [0.15, 0.2) is 48.5 Å². The second-order valence-electron chi connectivity index (χ2n) is 5.05. The van der Waals surface area contributed by atoms with Crippen molar-refractivity contribution in [1.29, 1.82) is 0 Å². The van der Waals surface area contributed by atoms with Crippen molar-refractivity contribution in [2.45, 2.75) is 13.3 Å². The minimum Gasteiger partial charge on any atom is -0.545 e. The predicted molar refractivity (Wildman–Crippen MR) is 85.9 cm³/mol. The molecule has 3 nitrogen and oxygen atoms in total.